The van der Waals surface area contributed by atoms with Crippen LogP contribution >= 0.6 is 0 Å². The highest BCUT2D eigenvalue weighted by atomic mass is 16.2. The fraction of sp³-hybridized carbons (Fsp3) is 0.500. The Hall–Kier alpha value is -1.90. The van der Waals surface area contributed by atoms with Gasteiger partial charge in [0.1, 0.15) is 0 Å². The van der Waals surface area contributed by atoms with Crippen LogP contribution in [0.5, 0.6) is 0 Å². The van der Waals surface area contributed by atoms with Crippen molar-refractivity contribution in [2.45, 2.75) is 19.4 Å². The summed E-state index contributed by atoms with van der Waals surface area (Å²) >= 11 is 0. The van der Waals surface area contributed by atoms with Gasteiger partial charge in [-0.25, -0.2) is 0 Å². The number of nitrogens with one attached hydrogen (secondary N) is 1. The zero-order chi connectivity index (χ0) is 15.2. The molecule has 5 nitrogen and oxygen atoms in total. The molecule has 112 valence electrons. The van der Waals surface area contributed by atoms with E-state index in [1.54, 1.807) is 24.3 Å². The molecule has 0 spiro atoms. The number of hydrogen-bond acceptors (Lipinski definition) is 4. The van der Waals surface area contributed by atoms with Gasteiger partial charge in [0.05, 0.1) is 18.2 Å². The van der Waals surface area contributed by atoms with Crippen LogP contribution in [0, 0.1) is 11.3 Å². The molecule has 2 rings (SSSR count). The van der Waals surface area contributed by atoms with Crippen molar-refractivity contribution >= 4 is 11.6 Å². The monoisotopic (exact) mass is 286 g/mol. The third-order valence-corrected chi connectivity index (χ3v) is 3.98. The number of likely N-dealkylation sites (N-methyl/N-ethyl adjacent to an activating group) is 1. The van der Waals surface area contributed by atoms with Crippen LogP contribution in [-0.2, 0) is 4.79 Å². The van der Waals surface area contributed by atoms with Crippen molar-refractivity contribution in [1.29, 1.82) is 5.26 Å². The molecule has 1 heterocycles. The summed E-state index contributed by atoms with van der Waals surface area (Å²) in [6, 6.07) is 9.59. The fourth-order valence-electron chi connectivity index (χ4n) is 2.66. The Morgan fingerprint density at radius 2 is 2.29 bits per heavy atom. The minimum atomic E-state index is -0.0236. The van der Waals surface area contributed by atoms with Crippen molar-refractivity contribution in [2.24, 2.45) is 0 Å². The van der Waals surface area contributed by atoms with Crippen LogP contribution in [-0.4, -0.2) is 55.0 Å². The molecule has 1 N–H and O–H groups in total. The molecule has 1 aliphatic rings. The maximum absolute atomic E-state index is 12.1. The summed E-state index contributed by atoms with van der Waals surface area (Å²) in [6.07, 6.45) is 1.10. The van der Waals surface area contributed by atoms with E-state index in [1.807, 2.05) is 0 Å². The van der Waals surface area contributed by atoms with E-state index in [2.05, 4.69) is 35.2 Å². The zero-order valence-electron chi connectivity index (χ0n) is 12.7. The molecule has 1 aromatic carbocycles. The molecule has 0 aliphatic carbocycles. The van der Waals surface area contributed by atoms with Gasteiger partial charge in [-0.15, -0.1) is 0 Å². The van der Waals surface area contributed by atoms with Crippen LogP contribution in [0.25, 0.3) is 0 Å². The van der Waals surface area contributed by atoms with Crippen LogP contribution in [0.3, 0.4) is 0 Å². The van der Waals surface area contributed by atoms with Gasteiger partial charge in [0.2, 0.25) is 5.91 Å². The van der Waals surface area contributed by atoms with Crippen LogP contribution in [0.15, 0.2) is 24.3 Å². The lowest BCUT2D eigenvalue weighted by atomic mass is 10.1. The second-order valence-electron chi connectivity index (χ2n) is 5.52. The van der Waals surface area contributed by atoms with Crippen LogP contribution in [0.1, 0.15) is 18.9 Å². The Bertz CT molecular complexity index is 537. The Morgan fingerprint density at radius 3 is 3.00 bits per heavy atom. The van der Waals surface area contributed by atoms with Crippen molar-refractivity contribution in [3.8, 4) is 6.07 Å². The summed E-state index contributed by atoms with van der Waals surface area (Å²) in [5.41, 5.74) is 1.23. The van der Waals surface area contributed by atoms with E-state index in [-0.39, 0.29) is 5.91 Å². The van der Waals surface area contributed by atoms with Crippen molar-refractivity contribution in [1.82, 2.24) is 9.80 Å². The second kappa shape index (κ2) is 7.21. The number of carbonyl (C=O) groups is 1. The SMILES string of the molecule is CCC1CN(CC(=O)Nc2cccc(C#N)c2)CCN1C. The highest BCUT2D eigenvalue weighted by molar-refractivity contribution is 5.92. The van der Waals surface area contributed by atoms with Gasteiger partial charge in [-0.1, -0.05) is 13.0 Å². The number of nitrogens with zero attached hydrogens (tertiary/aromatic N) is 3. The number of hydrogen-bond donors (Lipinski definition) is 1. The van der Waals surface area contributed by atoms with E-state index >= 15 is 0 Å². The van der Waals surface area contributed by atoms with Crippen LogP contribution in [0.2, 0.25) is 0 Å². The van der Waals surface area contributed by atoms with Gasteiger partial charge < -0.3 is 10.2 Å². The maximum atomic E-state index is 12.1. The molecule has 1 fully saturated rings. The van der Waals surface area contributed by atoms with E-state index in [0.29, 0.717) is 23.8 Å². The molecule has 5 heteroatoms. The number of nitriles is 1. The van der Waals surface area contributed by atoms with Gasteiger partial charge in [-0.2, -0.15) is 5.26 Å². The Morgan fingerprint density at radius 1 is 1.48 bits per heavy atom. The molecule has 0 bridgehead atoms. The third kappa shape index (κ3) is 4.28. The minimum Gasteiger partial charge on any atom is -0.325 e. The molecule has 1 atom stereocenters. The van der Waals surface area contributed by atoms with Gasteiger partial charge >= 0.3 is 0 Å². The first-order valence-electron chi connectivity index (χ1n) is 7.35. The molecule has 1 saturated heterocycles. The van der Waals surface area contributed by atoms with Crippen molar-refractivity contribution in [3.63, 3.8) is 0 Å². The average Bonchev–Trinajstić information content (AvgIpc) is 2.49. The molecular formula is C16H22N4O. The molecule has 0 radical (unpaired) electrons. The highest BCUT2D eigenvalue weighted by Crippen LogP contribution is 2.12. The lowest BCUT2D eigenvalue weighted by Crippen LogP contribution is -2.52. The van der Waals surface area contributed by atoms with E-state index in [9.17, 15) is 4.79 Å². The highest BCUT2D eigenvalue weighted by Gasteiger charge is 2.24. The predicted molar refractivity (Wildman–Crippen MR) is 82.9 cm³/mol. The number of carbonyl (C=O) groups excluding carboxylic acids is 1. The first-order chi connectivity index (χ1) is 10.1. The lowest BCUT2D eigenvalue weighted by Gasteiger charge is -2.38. The summed E-state index contributed by atoms with van der Waals surface area (Å²) in [4.78, 5) is 16.7. The Labute approximate surface area is 126 Å². The van der Waals surface area contributed by atoms with E-state index in [0.717, 1.165) is 26.1 Å². The van der Waals surface area contributed by atoms with Crippen molar-refractivity contribution < 1.29 is 4.79 Å². The molecular weight excluding hydrogens is 264 g/mol. The number of amides is 1. The molecule has 1 aromatic rings. The summed E-state index contributed by atoms with van der Waals surface area (Å²) in [5, 5.41) is 11.7. The van der Waals surface area contributed by atoms with Crippen molar-refractivity contribution in [2.75, 3.05) is 38.5 Å². The summed E-state index contributed by atoms with van der Waals surface area (Å²) in [6.45, 7) is 5.42. The molecule has 1 aliphatic heterocycles. The van der Waals surface area contributed by atoms with E-state index in [1.165, 1.54) is 0 Å². The smallest absolute Gasteiger partial charge is 0.238 e. The zero-order valence-corrected chi connectivity index (χ0v) is 12.7. The predicted octanol–water partition coefficient (Wildman–Crippen LogP) is 1.52. The molecule has 21 heavy (non-hydrogen) atoms. The average molecular weight is 286 g/mol. The number of piperazine rings is 1. The third-order valence-electron chi connectivity index (χ3n) is 3.98. The number of benzene rings is 1. The quantitative estimate of drug-likeness (QED) is 0.912. The largest absolute Gasteiger partial charge is 0.325 e. The van der Waals surface area contributed by atoms with Crippen molar-refractivity contribution in [3.05, 3.63) is 29.8 Å². The van der Waals surface area contributed by atoms with Crippen LogP contribution in [0.4, 0.5) is 5.69 Å². The molecule has 1 amide bonds. The summed E-state index contributed by atoms with van der Waals surface area (Å²) in [5.74, 6) is -0.0236. The first-order valence-corrected chi connectivity index (χ1v) is 7.35. The van der Waals surface area contributed by atoms with Gasteiger partial charge in [0, 0.05) is 31.4 Å². The summed E-state index contributed by atoms with van der Waals surface area (Å²) < 4.78 is 0. The topological polar surface area (TPSA) is 59.4 Å². The second-order valence-corrected chi connectivity index (χ2v) is 5.52. The Kier molecular flexibility index (Phi) is 5.32. The fourth-order valence-corrected chi connectivity index (χ4v) is 2.66. The van der Waals surface area contributed by atoms with Crippen LogP contribution < -0.4 is 5.32 Å². The van der Waals surface area contributed by atoms with Gasteiger partial charge in [0.25, 0.3) is 0 Å². The van der Waals surface area contributed by atoms with Gasteiger partial charge in [-0.3, -0.25) is 9.69 Å². The molecule has 0 saturated carbocycles. The first kappa shape index (κ1) is 15.5. The summed E-state index contributed by atoms with van der Waals surface area (Å²) in [7, 11) is 2.14. The van der Waals surface area contributed by atoms with E-state index in [4.69, 9.17) is 5.26 Å². The van der Waals surface area contributed by atoms with Gasteiger partial charge in [-0.05, 0) is 31.7 Å². The van der Waals surface area contributed by atoms with E-state index < -0.39 is 0 Å². The standard InChI is InChI=1S/C16H22N4O/c1-3-15-11-20(8-7-19(15)2)12-16(21)18-14-6-4-5-13(9-14)10-17/h4-6,9,15H,3,7-8,11-12H2,1-2H3,(H,18,21). The maximum Gasteiger partial charge on any atom is 0.238 e. The minimum absolute atomic E-state index is 0.0236. The molecule has 1 unspecified atom stereocenters. The van der Waals surface area contributed by atoms with Gasteiger partial charge in [0.15, 0.2) is 0 Å². The number of anilines is 1. The Balaban J connectivity index is 1.88. The molecule has 0 aromatic heterocycles. The number of rotatable bonds is 4. The lowest BCUT2D eigenvalue weighted by molar-refractivity contribution is -0.118. The normalized spacial score (nSPS) is 20.0.